The number of amides is 1. The van der Waals surface area contributed by atoms with E-state index in [2.05, 4.69) is 123 Å². The zero-order valence-electron chi connectivity index (χ0n) is 52.8. The molecular formula is C72H123NO10. The fourth-order valence-electron chi connectivity index (χ4n) is 9.86. The zero-order chi connectivity index (χ0) is 60.3. The third kappa shape index (κ3) is 46.2. The lowest BCUT2D eigenvalue weighted by Crippen LogP contribution is -2.61. The molecule has 8 atom stereocenters. The number of allylic oxidation sites excluding steroid dienone is 17. The van der Waals surface area contributed by atoms with E-state index in [1.165, 1.54) is 83.5 Å². The summed E-state index contributed by atoms with van der Waals surface area (Å²) in [5, 5.41) is 57.1. The van der Waals surface area contributed by atoms with Gasteiger partial charge in [0.1, 0.15) is 24.4 Å². The molecule has 476 valence electrons. The molecule has 6 N–H and O–H groups in total. The fourth-order valence-corrected chi connectivity index (χ4v) is 9.86. The predicted octanol–water partition coefficient (Wildman–Crippen LogP) is 16.8. The van der Waals surface area contributed by atoms with Crippen molar-refractivity contribution >= 4 is 11.9 Å². The van der Waals surface area contributed by atoms with E-state index in [1.807, 2.05) is 6.08 Å². The number of hydrogen-bond donors (Lipinski definition) is 6. The van der Waals surface area contributed by atoms with E-state index in [4.69, 9.17) is 14.2 Å². The zero-order valence-corrected chi connectivity index (χ0v) is 52.8. The summed E-state index contributed by atoms with van der Waals surface area (Å²) < 4.78 is 17.6. The molecule has 1 fully saturated rings. The number of unbranched alkanes of at least 4 members (excludes halogenated alkanes) is 26. The molecule has 11 nitrogen and oxygen atoms in total. The Morgan fingerprint density at radius 3 is 1.33 bits per heavy atom. The first kappa shape index (κ1) is 77.3. The molecule has 1 aliphatic heterocycles. The maximum absolute atomic E-state index is 13.5. The SMILES string of the molecule is CC/C=C\C/C=C\C/C=C\C/C=C\C/C=C\C/C=C\CCCCCCCCCC(O)C(=O)NC(COC1OC(CO)C(O)C(O)C1OC(=O)CCCCCCCCC/C=C\C/C=C\CCCCC)C(O)/C=C/CCCCCCCCCCC. The van der Waals surface area contributed by atoms with E-state index in [9.17, 15) is 35.1 Å². The van der Waals surface area contributed by atoms with Crippen LogP contribution in [0.3, 0.4) is 0 Å². The molecule has 1 heterocycles. The van der Waals surface area contributed by atoms with Crippen LogP contribution >= 0.6 is 0 Å². The van der Waals surface area contributed by atoms with Crippen LogP contribution < -0.4 is 5.32 Å². The Bertz CT molecular complexity index is 1770. The normalized spacial score (nSPS) is 19.3. The molecule has 0 aromatic carbocycles. The molecule has 1 saturated heterocycles. The molecule has 0 radical (unpaired) electrons. The van der Waals surface area contributed by atoms with Crippen molar-refractivity contribution in [2.24, 2.45) is 0 Å². The van der Waals surface area contributed by atoms with Crippen molar-refractivity contribution in [1.29, 1.82) is 0 Å². The highest BCUT2D eigenvalue weighted by molar-refractivity contribution is 5.80. The molecule has 1 amide bonds. The monoisotopic (exact) mass is 1160 g/mol. The van der Waals surface area contributed by atoms with Crippen molar-refractivity contribution < 1.29 is 49.3 Å². The summed E-state index contributed by atoms with van der Waals surface area (Å²) >= 11 is 0. The Morgan fingerprint density at radius 2 is 0.867 bits per heavy atom. The third-order valence-corrected chi connectivity index (χ3v) is 15.2. The molecule has 0 saturated carbocycles. The molecular weight excluding hydrogens is 1040 g/mol. The molecule has 0 bridgehead atoms. The van der Waals surface area contributed by atoms with Crippen molar-refractivity contribution in [2.75, 3.05) is 13.2 Å². The third-order valence-electron chi connectivity index (χ3n) is 15.2. The van der Waals surface area contributed by atoms with E-state index in [-0.39, 0.29) is 19.4 Å². The molecule has 0 aliphatic carbocycles. The van der Waals surface area contributed by atoms with Gasteiger partial charge in [0.25, 0.3) is 0 Å². The summed E-state index contributed by atoms with van der Waals surface area (Å²) in [5.74, 6) is -1.22. The average Bonchev–Trinajstić information content (AvgIpc) is 3.62. The molecule has 0 aromatic heterocycles. The standard InChI is InChI=1S/C72H123NO10/c1-4-7-10-13-16-19-22-24-26-28-29-30-31-32-33-34-35-36-38-39-41-44-47-50-53-56-59-65(76)71(80)73-63(64(75)58-55-52-49-46-43-21-18-15-12-9-6-3)62-81-72-70(69(79)68(78)66(61-74)82-72)83-67(77)60-57-54-51-48-45-42-40-37-27-25-23-20-17-14-11-8-5-2/h7,10,16-17,19-20,24-27,29-30,32-33,35-36,55,58,63-66,68-70,72,74-76,78-79H,4-6,8-9,11-15,18,21-23,28,31,34,37-54,56-57,59-62H2,1-3H3,(H,73,80)/b10-7-,19-16-,20-17-,26-24-,27-25-,30-29-,33-32-,36-35-,58-55+. The number of hydrogen-bond acceptors (Lipinski definition) is 10. The minimum Gasteiger partial charge on any atom is -0.454 e. The van der Waals surface area contributed by atoms with Gasteiger partial charge in [-0.1, -0.05) is 265 Å². The Balaban J connectivity index is 2.61. The highest BCUT2D eigenvalue weighted by Gasteiger charge is 2.47. The van der Waals surface area contributed by atoms with Crippen molar-refractivity contribution in [2.45, 2.75) is 320 Å². The maximum Gasteiger partial charge on any atom is 0.306 e. The second kappa shape index (κ2) is 58.7. The van der Waals surface area contributed by atoms with Crippen molar-refractivity contribution in [3.8, 4) is 0 Å². The number of rotatable bonds is 56. The van der Waals surface area contributed by atoms with Crippen LogP contribution in [0.1, 0.15) is 271 Å². The number of aliphatic hydroxyl groups excluding tert-OH is 5. The lowest BCUT2D eigenvalue weighted by atomic mass is 9.99. The van der Waals surface area contributed by atoms with Crippen LogP contribution in [0.4, 0.5) is 0 Å². The number of esters is 1. The van der Waals surface area contributed by atoms with Crippen LogP contribution in [-0.2, 0) is 23.8 Å². The largest absolute Gasteiger partial charge is 0.454 e. The van der Waals surface area contributed by atoms with E-state index < -0.39 is 67.4 Å². The van der Waals surface area contributed by atoms with Crippen molar-refractivity contribution in [3.05, 3.63) is 109 Å². The molecule has 83 heavy (non-hydrogen) atoms. The van der Waals surface area contributed by atoms with E-state index in [0.29, 0.717) is 12.8 Å². The van der Waals surface area contributed by atoms with Crippen LogP contribution in [0, 0.1) is 0 Å². The topological polar surface area (TPSA) is 175 Å². The Hall–Kier alpha value is -3.68. The first-order valence-electron chi connectivity index (χ1n) is 33.7. The van der Waals surface area contributed by atoms with Gasteiger partial charge in [0.2, 0.25) is 5.91 Å². The Morgan fingerprint density at radius 1 is 0.482 bits per heavy atom. The molecule has 11 heteroatoms. The van der Waals surface area contributed by atoms with Gasteiger partial charge in [0.05, 0.1) is 25.4 Å². The smallest absolute Gasteiger partial charge is 0.306 e. The van der Waals surface area contributed by atoms with Gasteiger partial charge in [0.15, 0.2) is 12.4 Å². The van der Waals surface area contributed by atoms with Gasteiger partial charge in [-0.2, -0.15) is 0 Å². The van der Waals surface area contributed by atoms with Gasteiger partial charge in [-0.3, -0.25) is 9.59 Å². The Kier molecular flexibility index (Phi) is 54.7. The first-order valence-corrected chi connectivity index (χ1v) is 33.7. The van der Waals surface area contributed by atoms with Crippen molar-refractivity contribution in [1.82, 2.24) is 5.32 Å². The van der Waals surface area contributed by atoms with Crippen LogP contribution in [0.25, 0.3) is 0 Å². The lowest BCUT2D eigenvalue weighted by molar-refractivity contribution is -0.305. The molecule has 0 spiro atoms. The van der Waals surface area contributed by atoms with Crippen LogP contribution in [0.2, 0.25) is 0 Å². The van der Waals surface area contributed by atoms with Gasteiger partial charge in [0, 0.05) is 6.42 Å². The summed E-state index contributed by atoms with van der Waals surface area (Å²) in [7, 11) is 0. The van der Waals surface area contributed by atoms with E-state index >= 15 is 0 Å². The van der Waals surface area contributed by atoms with Gasteiger partial charge < -0.3 is 45.1 Å². The molecule has 1 rings (SSSR count). The summed E-state index contributed by atoms with van der Waals surface area (Å²) in [6.45, 7) is 5.64. The van der Waals surface area contributed by atoms with Crippen LogP contribution in [0.5, 0.6) is 0 Å². The number of ether oxygens (including phenoxy) is 3. The van der Waals surface area contributed by atoms with Gasteiger partial charge >= 0.3 is 5.97 Å². The summed E-state index contributed by atoms with van der Waals surface area (Å²) in [4.78, 5) is 26.6. The van der Waals surface area contributed by atoms with E-state index in [0.717, 1.165) is 141 Å². The second-order valence-electron chi connectivity index (χ2n) is 22.8. The Labute approximate surface area is 507 Å². The number of carbonyl (C=O) groups is 2. The molecule has 0 aromatic rings. The lowest BCUT2D eigenvalue weighted by Gasteiger charge is -2.41. The summed E-state index contributed by atoms with van der Waals surface area (Å²) in [5.41, 5.74) is 0. The first-order chi connectivity index (χ1) is 40.7. The van der Waals surface area contributed by atoms with Gasteiger partial charge in [-0.05, 0) is 109 Å². The van der Waals surface area contributed by atoms with Crippen LogP contribution in [-0.4, -0.2) is 99.6 Å². The summed E-state index contributed by atoms with van der Waals surface area (Å²) in [6.07, 6.45) is 69.8. The minimum absolute atomic E-state index is 0.109. The van der Waals surface area contributed by atoms with E-state index in [1.54, 1.807) is 6.08 Å². The highest BCUT2D eigenvalue weighted by atomic mass is 16.7. The summed E-state index contributed by atoms with van der Waals surface area (Å²) in [6, 6.07) is -1.04. The average molecular weight is 1160 g/mol. The number of carbonyl (C=O) groups excluding carboxylic acids is 2. The van der Waals surface area contributed by atoms with Crippen LogP contribution in [0.15, 0.2) is 109 Å². The predicted molar refractivity (Wildman–Crippen MR) is 347 cm³/mol. The quantitative estimate of drug-likeness (QED) is 0.0195. The number of nitrogens with one attached hydrogen (secondary N) is 1. The number of aliphatic hydroxyl groups is 5. The van der Waals surface area contributed by atoms with Gasteiger partial charge in [-0.15, -0.1) is 0 Å². The second-order valence-corrected chi connectivity index (χ2v) is 22.8. The molecule has 8 unspecified atom stereocenters. The minimum atomic E-state index is -1.62. The maximum atomic E-state index is 13.5. The highest BCUT2D eigenvalue weighted by Crippen LogP contribution is 2.26. The van der Waals surface area contributed by atoms with Crippen molar-refractivity contribution in [3.63, 3.8) is 0 Å². The van der Waals surface area contributed by atoms with Gasteiger partial charge in [-0.25, -0.2) is 0 Å². The fraction of sp³-hybridized carbons (Fsp3) is 0.722. The molecule has 1 aliphatic rings.